The SMILES string of the molecule is CCCNc1ncnc(NCCC(=O)N(C)C)c1Br. The summed E-state index contributed by atoms with van der Waals surface area (Å²) >= 11 is 3.46. The average Bonchev–Trinajstić information content (AvgIpc) is 2.39. The van der Waals surface area contributed by atoms with E-state index in [-0.39, 0.29) is 5.91 Å². The van der Waals surface area contributed by atoms with E-state index in [1.807, 2.05) is 0 Å². The Bertz CT molecular complexity index is 425. The Balaban J connectivity index is 2.56. The fourth-order valence-electron chi connectivity index (χ4n) is 1.37. The molecule has 0 aromatic carbocycles. The van der Waals surface area contributed by atoms with Crippen LogP contribution in [0.4, 0.5) is 11.6 Å². The molecule has 0 aliphatic rings. The van der Waals surface area contributed by atoms with Crippen LogP contribution in [0.2, 0.25) is 0 Å². The monoisotopic (exact) mass is 329 g/mol. The molecule has 19 heavy (non-hydrogen) atoms. The van der Waals surface area contributed by atoms with Crippen molar-refractivity contribution >= 4 is 33.5 Å². The lowest BCUT2D eigenvalue weighted by Gasteiger charge is -2.13. The summed E-state index contributed by atoms with van der Waals surface area (Å²) in [6.07, 6.45) is 2.95. The van der Waals surface area contributed by atoms with E-state index in [1.165, 1.54) is 6.33 Å². The van der Waals surface area contributed by atoms with Gasteiger partial charge in [-0.2, -0.15) is 0 Å². The average molecular weight is 330 g/mol. The van der Waals surface area contributed by atoms with Crippen molar-refractivity contribution in [2.45, 2.75) is 19.8 Å². The maximum Gasteiger partial charge on any atom is 0.223 e. The van der Waals surface area contributed by atoms with Gasteiger partial charge >= 0.3 is 0 Å². The lowest BCUT2D eigenvalue weighted by molar-refractivity contribution is -0.128. The zero-order valence-corrected chi connectivity index (χ0v) is 13.1. The predicted molar refractivity (Wildman–Crippen MR) is 80.3 cm³/mol. The van der Waals surface area contributed by atoms with E-state index < -0.39 is 0 Å². The first kappa shape index (κ1) is 15.7. The molecule has 7 heteroatoms. The second-order valence-corrected chi connectivity index (χ2v) is 5.07. The molecule has 1 amide bonds. The number of aromatic nitrogens is 2. The van der Waals surface area contributed by atoms with E-state index in [4.69, 9.17) is 0 Å². The third-order valence-electron chi connectivity index (χ3n) is 2.46. The third kappa shape index (κ3) is 5.02. The van der Waals surface area contributed by atoms with Gasteiger partial charge in [-0.1, -0.05) is 6.92 Å². The first-order valence-electron chi connectivity index (χ1n) is 6.24. The number of rotatable bonds is 7. The van der Waals surface area contributed by atoms with Crippen LogP contribution < -0.4 is 10.6 Å². The van der Waals surface area contributed by atoms with Crippen molar-refractivity contribution in [3.05, 3.63) is 10.8 Å². The third-order valence-corrected chi connectivity index (χ3v) is 3.21. The normalized spacial score (nSPS) is 10.1. The maximum absolute atomic E-state index is 11.5. The number of halogens is 1. The highest BCUT2D eigenvalue weighted by atomic mass is 79.9. The van der Waals surface area contributed by atoms with Crippen LogP contribution in [-0.2, 0) is 4.79 Å². The van der Waals surface area contributed by atoms with Gasteiger partial charge in [-0.05, 0) is 22.4 Å². The Morgan fingerprint density at radius 3 is 2.37 bits per heavy atom. The standard InChI is InChI=1S/C12H20BrN5O/c1-4-6-14-11-10(13)12(17-8-16-11)15-7-5-9(19)18(2)3/h8H,4-7H2,1-3H3,(H2,14,15,16,17). The van der Waals surface area contributed by atoms with E-state index in [0.717, 1.165) is 23.3 Å². The zero-order valence-electron chi connectivity index (χ0n) is 11.5. The van der Waals surface area contributed by atoms with Crippen LogP contribution in [0.3, 0.4) is 0 Å². The number of hydrogen-bond acceptors (Lipinski definition) is 5. The maximum atomic E-state index is 11.5. The van der Waals surface area contributed by atoms with Crippen LogP contribution in [0.1, 0.15) is 19.8 Å². The van der Waals surface area contributed by atoms with E-state index in [2.05, 4.69) is 43.5 Å². The lowest BCUT2D eigenvalue weighted by atomic mass is 10.3. The van der Waals surface area contributed by atoms with Gasteiger partial charge < -0.3 is 15.5 Å². The molecule has 0 aliphatic carbocycles. The zero-order chi connectivity index (χ0) is 14.3. The molecule has 106 valence electrons. The molecular weight excluding hydrogens is 310 g/mol. The topological polar surface area (TPSA) is 70.1 Å². The summed E-state index contributed by atoms with van der Waals surface area (Å²) in [5.41, 5.74) is 0. The Labute approximate surface area is 122 Å². The molecule has 0 bridgehead atoms. The molecule has 0 unspecified atom stereocenters. The van der Waals surface area contributed by atoms with Crippen molar-refractivity contribution in [2.75, 3.05) is 37.8 Å². The molecule has 0 aliphatic heterocycles. The molecule has 2 N–H and O–H groups in total. The number of anilines is 2. The number of carbonyl (C=O) groups excluding carboxylic acids is 1. The second-order valence-electron chi connectivity index (χ2n) is 4.28. The van der Waals surface area contributed by atoms with Crippen molar-refractivity contribution in [1.82, 2.24) is 14.9 Å². The van der Waals surface area contributed by atoms with Crippen LogP contribution in [-0.4, -0.2) is 48.0 Å². The van der Waals surface area contributed by atoms with Gasteiger partial charge in [0.2, 0.25) is 5.91 Å². The molecule has 1 aromatic rings. The van der Waals surface area contributed by atoms with Crippen LogP contribution in [0.5, 0.6) is 0 Å². The number of nitrogens with one attached hydrogen (secondary N) is 2. The fourth-order valence-corrected chi connectivity index (χ4v) is 1.86. The molecule has 0 saturated carbocycles. The van der Waals surface area contributed by atoms with Gasteiger partial charge in [0.15, 0.2) is 0 Å². The largest absolute Gasteiger partial charge is 0.369 e. The van der Waals surface area contributed by atoms with E-state index >= 15 is 0 Å². The van der Waals surface area contributed by atoms with Gasteiger partial charge in [0.05, 0.1) is 0 Å². The van der Waals surface area contributed by atoms with Crippen LogP contribution in [0.25, 0.3) is 0 Å². The minimum atomic E-state index is 0.0852. The predicted octanol–water partition coefficient (Wildman–Crippen LogP) is 1.95. The minimum Gasteiger partial charge on any atom is -0.369 e. The lowest BCUT2D eigenvalue weighted by Crippen LogP contribution is -2.24. The quantitative estimate of drug-likeness (QED) is 0.800. The van der Waals surface area contributed by atoms with Gasteiger partial charge in [0.1, 0.15) is 22.4 Å². The highest BCUT2D eigenvalue weighted by Gasteiger charge is 2.09. The minimum absolute atomic E-state index is 0.0852. The first-order valence-corrected chi connectivity index (χ1v) is 7.04. The first-order chi connectivity index (χ1) is 9.06. The Hall–Kier alpha value is -1.37. The highest BCUT2D eigenvalue weighted by Crippen LogP contribution is 2.26. The summed E-state index contributed by atoms with van der Waals surface area (Å²) in [4.78, 5) is 21.3. The van der Waals surface area contributed by atoms with E-state index in [9.17, 15) is 4.79 Å². The number of amides is 1. The molecule has 1 heterocycles. The van der Waals surface area contributed by atoms with Crippen molar-refractivity contribution in [3.63, 3.8) is 0 Å². The van der Waals surface area contributed by atoms with E-state index in [1.54, 1.807) is 19.0 Å². The van der Waals surface area contributed by atoms with Gasteiger partial charge in [-0.3, -0.25) is 4.79 Å². The molecule has 0 radical (unpaired) electrons. The van der Waals surface area contributed by atoms with Crippen molar-refractivity contribution in [1.29, 1.82) is 0 Å². The highest BCUT2D eigenvalue weighted by molar-refractivity contribution is 9.10. The summed E-state index contributed by atoms with van der Waals surface area (Å²) < 4.78 is 0.792. The Morgan fingerprint density at radius 2 is 1.84 bits per heavy atom. The number of hydrogen-bond donors (Lipinski definition) is 2. The summed E-state index contributed by atoms with van der Waals surface area (Å²) in [6.45, 7) is 3.49. The van der Waals surface area contributed by atoms with Crippen LogP contribution in [0, 0.1) is 0 Å². The summed E-state index contributed by atoms with van der Waals surface area (Å²) in [6, 6.07) is 0. The van der Waals surface area contributed by atoms with Crippen molar-refractivity contribution in [2.24, 2.45) is 0 Å². The van der Waals surface area contributed by atoms with Gasteiger partial charge in [-0.25, -0.2) is 9.97 Å². The molecule has 1 rings (SSSR count). The number of nitrogens with zero attached hydrogens (tertiary/aromatic N) is 3. The summed E-state index contributed by atoms with van der Waals surface area (Å²) in [5.74, 6) is 1.54. The molecule has 0 saturated heterocycles. The molecule has 6 nitrogen and oxygen atoms in total. The molecular formula is C12H20BrN5O. The Kier molecular flexibility index (Phi) is 6.55. The molecule has 1 aromatic heterocycles. The molecule has 0 spiro atoms. The van der Waals surface area contributed by atoms with Crippen molar-refractivity contribution in [3.8, 4) is 0 Å². The molecule has 0 fully saturated rings. The van der Waals surface area contributed by atoms with E-state index in [0.29, 0.717) is 18.8 Å². The smallest absolute Gasteiger partial charge is 0.223 e. The van der Waals surface area contributed by atoms with Gasteiger partial charge in [0, 0.05) is 33.6 Å². The summed E-state index contributed by atoms with van der Waals surface area (Å²) in [5, 5.41) is 6.34. The van der Waals surface area contributed by atoms with Gasteiger partial charge in [0.25, 0.3) is 0 Å². The molecule has 0 atom stereocenters. The summed E-state index contributed by atoms with van der Waals surface area (Å²) in [7, 11) is 3.49. The van der Waals surface area contributed by atoms with Crippen LogP contribution >= 0.6 is 15.9 Å². The fraction of sp³-hybridized carbons (Fsp3) is 0.583. The number of carbonyl (C=O) groups is 1. The van der Waals surface area contributed by atoms with Gasteiger partial charge in [-0.15, -0.1) is 0 Å². The van der Waals surface area contributed by atoms with Crippen LogP contribution in [0.15, 0.2) is 10.8 Å². The Morgan fingerprint density at radius 1 is 1.26 bits per heavy atom. The second kappa shape index (κ2) is 7.93. The van der Waals surface area contributed by atoms with Crippen molar-refractivity contribution < 1.29 is 4.79 Å².